The number of carbonyl (C=O) groups is 2. The van der Waals surface area contributed by atoms with Gasteiger partial charge in [0.1, 0.15) is 11.1 Å². The van der Waals surface area contributed by atoms with Crippen LogP contribution < -0.4 is 10.6 Å². The summed E-state index contributed by atoms with van der Waals surface area (Å²) in [6.07, 6.45) is 3.07. The average Bonchev–Trinajstić information content (AvgIpc) is 3.41. The number of nitrogens with zero attached hydrogens (tertiary/aromatic N) is 1. The number of thiophene rings is 2. The van der Waals surface area contributed by atoms with Gasteiger partial charge < -0.3 is 10.6 Å². The molecule has 2 heterocycles. The van der Waals surface area contributed by atoms with Gasteiger partial charge in [0.05, 0.1) is 10.4 Å². The summed E-state index contributed by atoms with van der Waals surface area (Å²) in [5, 5.41) is 18.2. The highest BCUT2D eigenvalue weighted by Crippen LogP contribution is 2.38. The Balaban J connectivity index is 1.64. The lowest BCUT2D eigenvalue weighted by Crippen LogP contribution is -2.46. The molecule has 1 aliphatic rings. The molecule has 1 aliphatic carbocycles. The third kappa shape index (κ3) is 4.09. The van der Waals surface area contributed by atoms with E-state index in [-0.39, 0.29) is 11.7 Å². The van der Waals surface area contributed by atoms with Crippen molar-refractivity contribution >= 4 is 39.4 Å². The predicted octanol–water partition coefficient (Wildman–Crippen LogP) is 4.61. The first-order valence-electron chi connectivity index (χ1n) is 9.42. The molecule has 0 saturated heterocycles. The molecular weight excluding hydrogens is 402 g/mol. The van der Waals surface area contributed by atoms with Crippen LogP contribution in [0.4, 0.5) is 5.00 Å². The van der Waals surface area contributed by atoms with Crippen LogP contribution in [0.2, 0.25) is 0 Å². The third-order valence-electron chi connectivity index (χ3n) is 4.90. The number of amides is 1. The van der Waals surface area contributed by atoms with Crippen molar-refractivity contribution in [2.24, 2.45) is 0 Å². The van der Waals surface area contributed by atoms with Crippen LogP contribution in [-0.4, -0.2) is 17.9 Å². The fourth-order valence-electron chi connectivity index (χ4n) is 3.45. The fraction of sp³-hybridized carbons (Fsp3) is 0.227. The molecule has 5 nitrogen and oxygen atoms in total. The topological polar surface area (TPSA) is 82.0 Å². The Morgan fingerprint density at radius 3 is 2.59 bits per heavy atom. The van der Waals surface area contributed by atoms with Gasteiger partial charge in [0.25, 0.3) is 5.91 Å². The fourth-order valence-corrected chi connectivity index (χ4v) is 5.41. The summed E-state index contributed by atoms with van der Waals surface area (Å²) in [6, 6.07) is 14.6. The maximum Gasteiger partial charge on any atom is 0.253 e. The van der Waals surface area contributed by atoms with Crippen molar-refractivity contribution in [3.8, 4) is 6.07 Å². The molecule has 0 fully saturated rings. The summed E-state index contributed by atoms with van der Waals surface area (Å²) >= 11 is 2.85. The van der Waals surface area contributed by atoms with E-state index in [0.717, 1.165) is 31.2 Å². The second kappa shape index (κ2) is 8.60. The van der Waals surface area contributed by atoms with E-state index in [4.69, 9.17) is 0 Å². The Labute approximate surface area is 177 Å². The van der Waals surface area contributed by atoms with Crippen LogP contribution in [0.1, 0.15) is 48.9 Å². The van der Waals surface area contributed by atoms with E-state index in [0.29, 0.717) is 21.0 Å². The van der Waals surface area contributed by atoms with Crippen molar-refractivity contribution in [2.75, 3.05) is 5.32 Å². The van der Waals surface area contributed by atoms with Crippen molar-refractivity contribution in [3.05, 3.63) is 74.3 Å². The third-order valence-corrected chi connectivity index (χ3v) is 7.00. The van der Waals surface area contributed by atoms with Gasteiger partial charge in [-0.2, -0.15) is 5.26 Å². The Morgan fingerprint density at radius 2 is 1.86 bits per heavy atom. The summed E-state index contributed by atoms with van der Waals surface area (Å²) in [7, 11) is 0. The molecule has 4 rings (SSSR count). The summed E-state index contributed by atoms with van der Waals surface area (Å²) in [6.45, 7) is 0. The van der Waals surface area contributed by atoms with E-state index in [2.05, 4.69) is 16.7 Å². The first-order valence-corrected chi connectivity index (χ1v) is 11.1. The highest BCUT2D eigenvalue weighted by atomic mass is 32.1. The minimum absolute atomic E-state index is 0.223. The minimum atomic E-state index is -0.950. The van der Waals surface area contributed by atoms with Crippen LogP contribution in [0.25, 0.3) is 0 Å². The molecule has 29 heavy (non-hydrogen) atoms. The van der Waals surface area contributed by atoms with Crippen molar-refractivity contribution in [1.29, 1.82) is 5.26 Å². The largest absolute Gasteiger partial charge is 0.349 e. The minimum Gasteiger partial charge on any atom is -0.349 e. The second-order valence-corrected chi connectivity index (χ2v) is 8.84. The number of benzene rings is 1. The van der Waals surface area contributed by atoms with E-state index >= 15 is 0 Å². The molecule has 1 atom stereocenters. The Morgan fingerprint density at radius 1 is 1.07 bits per heavy atom. The van der Waals surface area contributed by atoms with Crippen LogP contribution in [0.15, 0.2) is 47.8 Å². The molecule has 0 spiro atoms. The molecule has 3 aromatic rings. The van der Waals surface area contributed by atoms with Crippen LogP contribution in [0, 0.1) is 11.3 Å². The number of carbonyl (C=O) groups excluding carboxylic acids is 2. The second-order valence-electron chi connectivity index (χ2n) is 6.79. The summed E-state index contributed by atoms with van der Waals surface area (Å²) < 4.78 is 0. The normalized spacial score (nSPS) is 13.8. The molecule has 1 aromatic carbocycles. The van der Waals surface area contributed by atoms with Crippen LogP contribution >= 0.6 is 22.7 Å². The number of Topliss-reactive ketones (excluding diaryl/α,β-unsaturated/α-hetero) is 1. The van der Waals surface area contributed by atoms with Gasteiger partial charge in [0, 0.05) is 10.4 Å². The van der Waals surface area contributed by atoms with Crippen molar-refractivity contribution < 1.29 is 9.59 Å². The van der Waals surface area contributed by atoms with Gasteiger partial charge >= 0.3 is 0 Å². The van der Waals surface area contributed by atoms with Gasteiger partial charge in [-0.1, -0.05) is 24.3 Å². The maximum atomic E-state index is 13.1. The lowest BCUT2D eigenvalue weighted by atomic mass is 9.96. The molecule has 7 heteroatoms. The standard InChI is InChI=1S/C22H19N3O2S2/c23-13-16-15-9-4-5-10-17(15)29-22(16)25-20(19(26)18-11-6-12-28-18)24-21(27)14-7-2-1-3-8-14/h1-3,6-8,11-12,20,25H,4-5,9-10H2,(H,24,27). The summed E-state index contributed by atoms with van der Waals surface area (Å²) in [5.74, 6) is -0.563. The Hall–Kier alpha value is -2.95. The number of nitriles is 1. The highest BCUT2D eigenvalue weighted by molar-refractivity contribution is 7.16. The van der Waals surface area contributed by atoms with Gasteiger partial charge in [-0.3, -0.25) is 9.59 Å². The molecule has 0 radical (unpaired) electrons. The van der Waals surface area contributed by atoms with Crippen LogP contribution in [-0.2, 0) is 12.8 Å². The van der Waals surface area contributed by atoms with E-state index < -0.39 is 6.17 Å². The number of rotatable bonds is 6. The number of hydrogen-bond donors (Lipinski definition) is 2. The first-order chi connectivity index (χ1) is 14.2. The molecule has 0 aliphatic heterocycles. The van der Waals surface area contributed by atoms with Gasteiger partial charge in [-0.05, 0) is 54.8 Å². The van der Waals surface area contributed by atoms with E-state index in [1.807, 2.05) is 11.4 Å². The number of ketones is 1. The van der Waals surface area contributed by atoms with Gasteiger partial charge in [0.15, 0.2) is 6.17 Å². The molecule has 2 aromatic heterocycles. The number of nitrogens with one attached hydrogen (secondary N) is 2. The van der Waals surface area contributed by atoms with Gasteiger partial charge in [0.2, 0.25) is 5.78 Å². The van der Waals surface area contributed by atoms with E-state index in [1.54, 1.807) is 36.4 Å². The van der Waals surface area contributed by atoms with E-state index in [9.17, 15) is 14.9 Å². The molecule has 0 saturated carbocycles. The Kier molecular flexibility index (Phi) is 5.74. The molecule has 1 unspecified atom stereocenters. The highest BCUT2D eigenvalue weighted by Gasteiger charge is 2.27. The zero-order chi connectivity index (χ0) is 20.2. The average molecular weight is 422 g/mol. The smallest absolute Gasteiger partial charge is 0.253 e. The Bertz CT molecular complexity index is 1070. The van der Waals surface area contributed by atoms with Gasteiger partial charge in [-0.25, -0.2) is 0 Å². The number of hydrogen-bond acceptors (Lipinski definition) is 6. The maximum absolute atomic E-state index is 13.1. The molecule has 2 N–H and O–H groups in total. The van der Waals surface area contributed by atoms with Crippen molar-refractivity contribution in [1.82, 2.24) is 5.32 Å². The number of aryl methyl sites for hydroxylation is 1. The van der Waals surface area contributed by atoms with E-state index in [1.165, 1.54) is 27.6 Å². The zero-order valence-corrected chi connectivity index (χ0v) is 17.2. The predicted molar refractivity (Wildman–Crippen MR) is 116 cm³/mol. The van der Waals surface area contributed by atoms with Crippen molar-refractivity contribution in [2.45, 2.75) is 31.8 Å². The monoisotopic (exact) mass is 421 g/mol. The van der Waals surface area contributed by atoms with Crippen LogP contribution in [0.3, 0.4) is 0 Å². The summed E-state index contributed by atoms with van der Waals surface area (Å²) in [4.78, 5) is 27.5. The quantitative estimate of drug-likeness (QED) is 0.450. The molecular formula is C22H19N3O2S2. The van der Waals surface area contributed by atoms with Crippen molar-refractivity contribution in [3.63, 3.8) is 0 Å². The number of anilines is 1. The molecule has 146 valence electrons. The lowest BCUT2D eigenvalue weighted by Gasteiger charge is -2.19. The van der Waals surface area contributed by atoms with Gasteiger partial charge in [-0.15, -0.1) is 22.7 Å². The van der Waals surface area contributed by atoms with Crippen LogP contribution in [0.5, 0.6) is 0 Å². The zero-order valence-electron chi connectivity index (χ0n) is 15.6. The molecule has 1 amide bonds. The number of fused-ring (bicyclic) bond motifs is 1. The lowest BCUT2D eigenvalue weighted by molar-refractivity contribution is 0.0871. The molecule has 0 bridgehead atoms. The first kappa shape index (κ1) is 19.4. The SMILES string of the molecule is N#Cc1c(NC(NC(=O)c2ccccc2)C(=O)c2cccs2)sc2c1CCCC2. The summed E-state index contributed by atoms with van der Waals surface area (Å²) in [5.41, 5.74) is 2.16.